The van der Waals surface area contributed by atoms with Crippen LogP contribution in [0.2, 0.25) is 0 Å². The van der Waals surface area contributed by atoms with E-state index in [-0.39, 0.29) is 6.92 Å². The van der Waals surface area contributed by atoms with Crippen molar-refractivity contribution in [1.82, 2.24) is 4.57 Å². The van der Waals surface area contributed by atoms with Crippen molar-refractivity contribution in [1.29, 1.82) is 0 Å². The lowest BCUT2D eigenvalue weighted by atomic mass is 9.50. The number of hydrogen-bond donors (Lipinski definition) is 0. The smallest absolute Gasteiger partial charge is 0.434 e. The van der Waals surface area contributed by atoms with Crippen molar-refractivity contribution >= 4 is 39.6 Å². The van der Waals surface area contributed by atoms with Gasteiger partial charge in [0, 0.05) is 32.8 Å². The van der Waals surface area contributed by atoms with Gasteiger partial charge < -0.3 is 14.0 Å². The Labute approximate surface area is 302 Å². The molecule has 0 N–H and O–H groups in total. The molecule has 0 amide bonds. The summed E-state index contributed by atoms with van der Waals surface area (Å²) in [6, 6.07) is 64.7. The molecule has 0 unspecified atom stereocenters. The van der Waals surface area contributed by atoms with Gasteiger partial charge in [-0.15, -0.1) is 0 Å². The van der Waals surface area contributed by atoms with Crippen molar-refractivity contribution in [3.8, 4) is 67.4 Å². The second-order valence-corrected chi connectivity index (χ2v) is 13.6. The molecule has 2 aliphatic heterocycles. The molecule has 0 fully saturated rings. The molecular weight excluding hydrogens is 633 g/mol. The van der Waals surface area contributed by atoms with E-state index in [0.717, 1.165) is 67.2 Å². The maximum atomic E-state index is 6.96. The van der Waals surface area contributed by atoms with Crippen molar-refractivity contribution in [2.75, 3.05) is 0 Å². The van der Waals surface area contributed by atoms with Gasteiger partial charge in [-0.05, 0) is 81.9 Å². The molecule has 11 rings (SSSR count). The zero-order valence-electron chi connectivity index (χ0n) is 28.2. The molecule has 0 spiro atoms. The van der Waals surface area contributed by atoms with Crippen LogP contribution < -0.4 is 20.3 Å². The topological polar surface area (TPSA) is 23.4 Å². The molecule has 3 heterocycles. The lowest BCUT2D eigenvalue weighted by Gasteiger charge is -2.33. The molecule has 1 aromatic heterocycles. The van der Waals surface area contributed by atoms with Crippen LogP contribution in [-0.2, 0) is 0 Å². The highest BCUT2D eigenvalue weighted by Gasteiger charge is 2.41. The van der Waals surface area contributed by atoms with Gasteiger partial charge in [0.25, 0.3) is 0 Å². The largest absolute Gasteiger partial charge is 0.551 e. The number of aromatic nitrogens is 1. The van der Waals surface area contributed by atoms with Crippen LogP contribution >= 0.6 is 0 Å². The van der Waals surface area contributed by atoms with Gasteiger partial charge in [0.05, 0.1) is 16.7 Å². The number of nitrogens with zero attached hydrogens (tertiary/aromatic N) is 1. The van der Waals surface area contributed by atoms with E-state index < -0.39 is 0 Å². The minimum Gasteiger partial charge on any atom is -0.551 e. The molecule has 4 heteroatoms. The van der Waals surface area contributed by atoms with E-state index in [0.29, 0.717) is 0 Å². The summed E-state index contributed by atoms with van der Waals surface area (Å²) >= 11 is 0. The average Bonchev–Trinajstić information content (AvgIpc) is 3.55. The predicted octanol–water partition coefficient (Wildman–Crippen LogP) is 11.1. The first kappa shape index (κ1) is 29.0. The highest BCUT2D eigenvalue weighted by Crippen LogP contribution is 2.44. The van der Waals surface area contributed by atoms with Crippen LogP contribution in [0.5, 0.6) is 17.2 Å². The molecule has 3 nitrogen and oxygen atoms in total. The first-order valence-corrected chi connectivity index (χ1v) is 17.8. The molecule has 0 aliphatic carbocycles. The maximum absolute atomic E-state index is 6.96. The maximum Gasteiger partial charge on any atom is 0.434 e. The standard InChI is InChI=1S/C48H30BNO2/c1-2-13-31(14-3-1)32-15-12-16-33(27-32)34-25-26-41-46(29-34)51-47-30-35(28-40-39-20-7-11-24-45(39)52-49(41)48(40)47)36-17-4-8-21-42(36)50-43-22-9-5-18-37(43)38-19-6-10-23-44(38)50/h1-30H. The van der Waals surface area contributed by atoms with Crippen LogP contribution in [0.4, 0.5) is 0 Å². The highest BCUT2D eigenvalue weighted by atomic mass is 16.5. The number of benzene rings is 8. The second kappa shape index (κ2) is 11.4. The summed E-state index contributed by atoms with van der Waals surface area (Å²) in [5, 5.41) is 2.49. The van der Waals surface area contributed by atoms with E-state index in [1.54, 1.807) is 0 Å². The molecule has 8 aromatic carbocycles. The van der Waals surface area contributed by atoms with Crippen molar-refractivity contribution in [3.05, 3.63) is 182 Å². The molecule has 9 aromatic rings. The molecule has 2 aliphatic rings. The summed E-state index contributed by atoms with van der Waals surface area (Å²) < 4.78 is 16.2. The molecule has 0 saturated heterocycles. The second-order valence-electron chi connectivity index (χ2n) is 13.6. The fourth-order valence-corrected chi connectivity index (χ4v) is 8.30. The minimum absolute atomic E-state index is 0.282. The van der Waals surface area contributed by atoms with Gasteiger partial charge in [0.1, 0.15) is 17.2 Å². The van der Waals surface area contributed by atoms with E-state index in [4.69, 9.17) is 9.39 Å². The lowest BCUT2D eigenvalue weighted by molar-refractivity contribution is 0.480. The van der Waals surface area contributed by atoms with Crippen molar-refractivity contribution in [2.24, 2.45) is 0 Å². The third-order valence-corrected chi connectivity index (χ3v) is 10.7. The lowest BCUT2D eigenvalue weighted by Crippen LogP contribution is -2.53. The Morgan fingerprint density at radius 1 is 0.385 bits per heavy atom. The molecular formula is C48H30BNO2. The molecule has 52 heavy (non-hydrogen) atoms. The van der Waals surface area contributed by atoms with Crippen LogP contribution in [-0.4, -0.2) is 11.5 Å². The average molecular weight is 664 g/mol. The Morgan fingerprint density at radius 3 is 1.81 bits per heavy atom. The number of rotatable bonds is 4. The van der Waals surface area contributed by atoms with E-state index in [9.17, 15) is 0 Å². The van der Waals surface area contributed by atoms with Gasteiger partial charge in [-0.25, -0.2) is 0 Å². The fourth-order valence-electron chi connectivity index (χ4n) is 8.30. The van der Waals surface area contributed by atoms with E-state index >= 15 is 0 Å². The Kier molecular flexibility index (Phi) is 6.35. The number of ether oxygens (including phenoxy) is 1. The number of hydrogen-bond acceptors (Lipinski definition) is 2. The van der Waals surface area contributed by atoms with Gasteiger partial charge in [0.2, 0.25) is 0 Å². The minimum atomic E-state index is -0.282. The quantitative estimate of drug-likeness (QED) is 0.175. The van der Waals surface area contributed by atoms with Gasteiger partial charge in [-0.2, -0.15) is 0 Å². The summed E-state index contributed by atoms with van der Waals surface area (Å²) in [6.07, 6.45) is 0. The van der Waals surface area contributed by atoms with Crippen molar-refractivity contribution in [3.63, 3.8) is 0 Å². The molecule has 0 radical (unpaired) electrons. The van der Waals surface area contributed by atoms with Gasteiger partial charge in [-0.3, -0.25) is 0 Å². The fraction of sp³-hybridized carbons (Fsp3) is 0. The van der Waals surface area contributed by atoms with Crippen LogP contribution in [0.15, 0.2) is 182 Å². The van der Waals surface area contributed by atoms with Gasteiger partial charge in [-0.1, -0.05) is 133 Å². The van der Waals surface area contributed by atoms with Gasteiger partial charge in [0.15, 0.2) is 0 Å². The zero-order chi connectivity index (χ0) is 34.2. The third-order valence-electron chi connectivity index (χ3n) is 10.7. The van der Waals surface area contributed by atoms with Crippen molar-refractivity contribution in [2.45, 2.75) is 0 Å². The molecule has 0 bridgehead atoms. The van der Waals surface area contributed by atoms with E-state index in [1.807, 2.05) is 0 Å². The molecule has 242 valence electrons. The normalized spacial score (nSPS) is 12.5. The predicted molar refractivity (Wildman–Crippen MR) is 215 cm³/mol. The summed E-state index contributed by atoms with van der Waals surface area (Å²) in [5.74, 6) is 2.52. The monoisotopic (exact) mass is 663 g/mol. The Bertz CT molecular complexity index is 2820. The summed E-state index contributed by atoms with van der Waals surface area (Å²) in [6.45, 7) is -0.282. The first-order chi connectivity index (χ1) is 25.8. The summed E-state index contributed by atoms with van der Waals surface area (Å²) in [5.41, 5.74) is 14.7. The van der Waals surface area contributed by atoms with Crippen molar-refractivity contribution < 1.29 is 9.39 Å². The highest BCUT2D eigenvalue weighted by molar-refractivity contribution is 6.84. The Morgan fingerprint density at radius 2 is 1.00 bits per heavy atom. The summed E-state index contributed by atoms with van der Waals surface area (Å²) in [7, 11) is 0. The SMILES string of the molecule is c1ccc(-c2cccc(-c3ccc4c(c3)Oc3cc(-c5ccccc5-n5c6ccccc6c6ccccc65)cc5c3B4Oc3ccccc3-5)c2)cc1. The van der Waals surface area contributed by atoms with E-state index in [2.05, 4.69) is 187 Å². The van der Waals surface area contributed by atoms with Crippen LogP contribution in [0.25, 0.3) is 72.0 Å². The Hall–Kier alpha value is -6.78. The van der Waals surface area contributed by atoms with Crippen LogP contribution in [0, 0.1) is 0 Å². The first-order valence-electron chi connectivity index (χ1n) is 17.8. The summed E-state index contributed by atoms with van der Waals surface area (Å²) in [4.78, 5) is 0. The molecule has 0 saturated carbocycles. The Balaban J connectivity index is 1.09. The van der Waals surface area contributed by atoms with Crippen LogP contribution in [0.3, 0.4) is 0 Å². The van der Waals surface area contributed by atoms with E-state index in [1.165, 1.54) is 32.9 Å². The molecule has 0 atom stereocenters. The third kappa shape index (κ3) is 4.41. The zero-order valence-corrected chi connectivity index (χ0v) is 28.2. The van der Waals surface area contributed by atoms with Gasteiger partial charge >= 0.3 is 6.92 Å². The number of para-hydroxylation sites is 4. The number of fused-ring (bicyclic) bond motifs is 7. The van der Waals surface area contributed by atoms with Crippen LogP contribution in [0.1, 0.15) is 0 Å².